The summed E-state index contributed by atoms with van der Waals surface area (Å²) in [6, 6.07) is -0.407. The zero-order chi connectivity index (χ0) is 23.1. The van der Waals surface area contributed by atoms with Crippen molar-refractivity contribution in [1.82, 2.24) is 5.32 Å². The van der Waals surface area contributed by atoms with Crippen LogP contribution in [-0.2, 0) is 14.3 Å². The van der Waals surface area contributed by atoms with Crippen molar-refractivity contribution in [3.63, 3.8) is 0 Å². The Morgan fingerprint density at radius 1 is 0.781 bits per heavy atom. The highest BCUT2D eigenvalue weighted by Crippen LogP contribution is 2.15. The van der Waals surface area contributed by atoms with Gasteiger partial charge in [0, 0.05) is 6.42 Å². The van der Waals surface area contributed by atoms with Crippen molar-refractivity contribution in [2.75, 3.05) is 6.61 Å². The lowest BCUT2D eigenvalue weighted by molar-refractivity contribution is -0.146. The highest BCUT2D eigenvalue weighted by atomic mass is 16.5. The Labute approximate surface area is 198 Å². The van der Waals surface area contributed by atoms with E-state index in [0.717, 1.165) is 12.8 Å². The molecule has 0 aliphatic carbocycles. The molecule has 1 aliphatic rings. The lowest BCUT2D eigenvalue weighted by atomic mass is 10.0. The summed E-state index contributed by atoms with van der Waals surface area (Å²) in [6.07, 6.45) is 31.0. The highest BCUT2D eigenvalue weighted by molar-refractivity contribution is 5.87. The Balaban J connectivity index is 1.68. The van der Waals surface area contributed by atoms with Crippen LogP contribution in [0.2, 0.25) is 0 Å². The molecule has 1 atom stereocenters. The number of carbonyl (C=O) groups excluding carboxylic acids is 2. The van der Waals surface area contributed by atoms with Gasteiger partial charge in [0.1, 0.15) is 6.04 Å². The Hall–Kier alpha value is -1.32. The summed E-state index contributed by atoms with van der Waals surface area (Å²) in [7, 11) is 0. The highest BCUT2D eigenvalue weighted by Gasteiger charge is 2.28. The molecule has 0 aromatic carbocycles. The van der Waals surface area contributed by atoms with Gasteiger partial charge in [-0.15, -0.1) is 0 Å². The zero-order valence-corrected chi connectivity index (χ0v) is 21.0. The molecule has 32 heavy (non-hydrogen) atoms. The molecule has 1 fully saturated rings. The van der Waals surface area contributed by atoms with Gasteiger partial charge >= 0.3 is 5.97 Å². The van der Waals surface area contributed by atoms with E-state index in [1.807, 2.05) is 0 Å². The first-order chi connectivity index (χ1) is 15.7. The standard InChI is InChI=1S/C28H51NO3/c1-2-3-4-5-6-7-8-9-10-11-12-13-14-15-16-17-18-19-20-21-22-25-32-28(31)26-23-24-27(30)29-26/h2-3,26H,4-25H2,1H3,(H,29,30)/b3-2+/t26-/m0/s1. The van der Waals surface area contributed by atoms with Gasteiger partial charge in [-0.25, -0.2) is 4.79 Å². The molecule has 0 radical (unpaired) electrons. The van der Waals surface area contributed by atoms with Crippen LogP contribution in [-0.4, -0.2) is 24.5 Å². The average Bonchev–Trinajstić information content (AvgIpc) is 3.23. The third kappa shape index (κ3) is 17.3. The molecule has 1 amide bonds. The van der Waals surface area contributed by atoms with Gasteiger partial charge in [0.2, 0.25) is 5.91 Å². The molecule has 0 unspecified atom stereocenters. The molecule has 1 N–H and O–H groups in total. The predicted molar refractivity (Wildman–Crippen MR) is 135 cm³/mol. The maximum Gasteiger partial charge on any atom is 0.328 e. The molecule has 0 aromatic rings. The van der Waals surface area contributed by atoms with E-state index in [1.54, 1.807) is 0 Å². The zero-order valence-electron chi connectivity index (χ0n) is 21.0. The minimum absolute atomic E-state index is 0.0421. The van der Waals surface area contributed by atoms with Crippen LogP contribution >= 0.6 is 0 Å². The molecule has 0 saturated carbocycles. The largest absolute Gasteiger partial charge is 0.464 e. The third-order valence-electron chi connectivity index (χ3n) is 6.52. The van der Waals surface area contributed by atoms with Gasteiger partial charge in [-0.2, -0.15) is 0 Å². The number of allylic oxidation sites excluding steroid dienone is 2. The Bertz CT molecular complexity index is 489. The Kier molecular flexibility index (Phi) is 19.3. The summed E-state index contributed by atoms with van der Waals surface area (Å²) in [6.45, 7) is 2.60. The van der Waals surface area contributed by atoms with Crippen LogP contribution in [0, 0.1) is 0 Å². The molecule has 1 rings (SSSR count). The Morgan fingerprint density at radius 3 is 1.62 bits per heavy atom. The fourth-order valence-electron chi connectivity index (χ4n) is 4.42. The van der Waals surface area contributed by atoms with Gasteiger partial charge in [-0.05, 0) is 32.6 Å². The quantitative estimate of drug-likeness (QED) is 0.104. The molecule has 1 heterocycles. The molecule has 1 aliphatic heterocycles. The lowest BCUT2D eigenvalue weighted by Gasteiger charge is -2.09. The number of esters is 1. The fourth-order valence-corrected chi connectivity index (χ4v) is 4.42. The smallest absolute Gasteiger partial charge is 0.328 e. The number of hydrogen-bond donors (Lipinski definition) is 1. The summed E-state index contributed by atoms with van der Waals surface area (Å²) in [5.41, 5.74) is 0. The van der Waals surface area contributed by atoms with E-state index in [4.69, 9.17) is 4.74 Å². The third-order valence-corrected chi connectivity index (χ3v) is 6.52. The average molecular weight is 450 g/mol. The van der Waals surface area contributed by atoms with Crippen molar-refractivity contribution in [3.8, 4) is 0 Å². The first kappa shape index (κ1) is 28.7. The second-order valence-electron chi connectivity index (χ2n) is 9.55. The summed E-state index contributed by atoms with van der Waals surface area (Å²) in [5, 5.41) is 2.65. The number of rotatable bonds is 22. The minimum Gasteiger partial charge on any atom is -0.464 e. The number of nitrogens with one attached hydrogen (secondary N) is 1. The van der Waals surface area contributed by atoms with Gasteiger partial charge in [-0.1, -0.05) is 115 Å². The van der Waals surface area contributed by atoms with Crippen LogP contribution in [0.5, 0.6) is 0 Å². The molecule has 0 bridgehead atoms. The van der Waals surface area contributed by atoms with Crippen molar-refractivity contribution in [3.05, 3.63) is 12.2 Å². The number of unbranched alkanes of at least 4 members (excludes halogenated alkanes) is 18. The first-order valence-corrected chi connectivity index (χ1v) is 13.8. The minimum atomic E-state index is -0.407. The number of carbonyl (C=O) groups is 2. The van der Waals surface area contributed by atoms with E-state index in [2.05, 4.69) is 24.4 Å². The fraction of sp³-hybridized carbons (Fsp3) is 0.857. The van der Waals surface area contributed by atoms with Crippen LogP contribution in [0.4, 0.5) is 0 Å². The molecule has 0 aromatic heterocycles. The van der Waals surface area contributed by atoms with Gasteiger partial charge in [0.25, 0.3) is 0 Å². The SMILES string of the molecule is C/C=C/CCCCCCCCCCCCCCCCCCCCOC(=O)[C@@H]1CCC(=O)N1. The second kappa shape index (κ2) is 21.5. The van der Waals surface area contributed by atoms with Gasteiger partial charge in [-0.3, -0.25) is 4.79 Å². The molecule has 186 valence electrons. The van der Waals surface area contributed by atoms with Gasteiger partial charge in [0.15, 0.2) is 0 Å². The van der Waals surface area contributed by atoms with E-state index < -0.39 is 6.04 Å². The second-order valence-corrected chi connectivity index (χ2v) is 9.55. The molecule has 1 saturated heterocycles. The normalized spacial score (nSPS) is 16.0. The van der Waals surface area contributed by atoms with E-state index in [0.29, 0.717) is 19.4 Å². The van der Waals surface area contributed by atoms with Crippen molar-refractivity contribution in [2.24, 2.45) is 0 Å². The van der Waals surface area contributed by atoms with Gasteiger partial charge < -0.3 is 10.1 Å². The molecule has 0 spiro atoms. The van der Waals surface area contributed by atoms with Crippen LogP contribution in [0.25, 0.3) is 0 Å². The van der Waals surface area contributed by atoms with Crippen LogP contribution in [0.3, 0.4) is 0 Å². The maximum atomic E-state index is 11.8. The number of ether oxygens (including phenoxy) is 1. The molecule has 4 nitrogen and oxygen atoms in total. The van der Waals surface area contributed by atoms with E-state index in [-0.39, 0.29) is 11.9 Å². The summed E-state index contributed by atoms with van der Waals surface area (Å²) in [4.78, 5) is 22.9. The van der Waals surface area contributed by atoms with Crippen molar-refractivity contribution in [2.45, 2.75) is 148 Å². The number of amides is 1. The Morgan fingerprint density at radius 2 is 1.22 bits per heavy atom. The summed E-state index contributed by atoms with van der Waals surface area (Å²) < 4.78 is 5.26. The van der Waals surface area contributed by atoms with Gasteiger partial charge in [0.05, 0.1) is 6.61 Å². The van der Waals surface area contributed by atoms with Crippen LogP contribution in [0.15, 0.2) is 12.2 Å². The monoisotopic (exact) mass is 449 g/mol. The van der Waals surface area contributed by atoms with Crippen LogP contribution < -0.4 is 5.32 Å². The predicted octanol–water partition coefficient (Wildman–Crippen LogP) is 7.80. The van der Waals surface area contributed by atoms with Crippen molar-refractivity contribution >= 4 is 11.9 Å². The summed E-state index contributed by atoms with van der Waals surface area (Å²) in [5.74, 6) is -0.304. The van der Waals surface area contributed by atoms with Crippen LogP contribution in [0.1, 0.15) is 142 Å². The molecular weight excluding hydrogens is 398 g/mol. The maximum absolute atomic E-state index is 11.8. The van der Waals surface area contributed by atoms with E-state index >= 15 is 0 Å². The van der Waals surface area contributed by atoms with E-state index in [1.165, 1.54) is 109 Å². The molecule has 4 heteroatoms. The van der Waals surface area contributed by atoms with E-state index in [9.17, 15) is 9.59 Å². The topological polar surface area (TPSA) is 55.4 Å². The molecular formula is C28H51NO3. The first-order valence-electron chi connectivity index (χ1n) is 13.8. The number of hydrogen-bond acceptors (Lipinski definition) is 3. The van der Waals surface area contributed by atoms with Crippen molar-refractivity contribution < 1.29 is 14.3 Å². The summed E-state index contributed by atoms with van der Waals surface area (Å²) >= 11 is 0. The van der Waals surface area contributed by atoms with Crippen molar-refractivity contribution in [1.29, 1.82) is 0 Å². The lowest BCUT2D eigenvalue weighted by Crippen LogP contribution is -2.34.